The Hall–Kier alpha value is -0.810. The summed E-state index contributed by atoms with van der Waals surface area (Å²) in [4.78, 5) is 14.5. The number of hydrogen-bond acceptors (Lipinski definition) is 3. The van der Waals surface area contributed by atoms with Crippen molar-refractivity contribution in [3.8, 4) is 0 Å². The van der Waals surface area contributed by atoms with E-state index in [1.54, 1.807) is 0 Å². The second-order valence-corrected chi connectivity index (χ2v) is 6.85. The van der Waals surface area contributed by atoms with Crippen LogP contribution < -0.4 is 11.1 Å². The Morgan fingerprint density at radius 3 is 2.12 bits per heavy atom. The van der Waals surface area contributed by atoms with Gasteiger partial charge in [0.15, 0.2) is 0 Å². The summed E-state index contributed by atoms with van der Waals surface area (Å²) in [5.74, 6) is -0.00357. The van der Waals surface area contributed by atoms with E-state index >= 15 is 0 Å². The highest BCUT2D eigenvalue weighted by Gasteiger charge is 2.39. The summed E-state index contributed by atoms with van der Waals surface area (Å²) in [6.07, 6.45) is 6.71. The molecule has 1 saturated carbocycles. The Labute approximate surface area is 157 Å². The number of amides is 1. The predicted octanol–water partition coefficient (Wildman–Crippen LogP) is 3.01. The van der Waals surface area contributed by atoms with Crippen LogP contribution in [0, 0.1) is 0 Å². The summed E-state index contributed by atoms with van der Waals surface area (Å²) < 4.78 is 0. The summed E-state index contributed by atoms with van der Waals surface area (Å²) in [5, 5.41) is 2.97. The fourth-order valence-electron chi connectivity index (χ4n) is 3.28. The van der Waals surface area contributed by atoms with Crippen molar-refractivity contribution in [1.29, 1.82) is 0 Å². The SMILES string of the molecule is Cl.Cl.NC1(C(=O)NCc2ccc(CN3CCCCC3)cc2)CCC1. The first-order valence-corrected chi connectivity index (χ1v) is 8.53. The molecule has 136 valence electrons. The molecule has 1 aromatic rings. The Bertz CT molecular complexity index is 512. The molecule has 1 heterocycles. The maximum absolute atomic E-state index is 12.0. The minimum atomic E-state index is -0.603. The summed E-state index contributed by atoms with van der Waals surface area (Å²) in [5.41, 5.74) is 7.91. The van der Waals surface area contributed by atoms with Gasteiger partial charge in [-0.05, 0) is 56.3 Å². The summed E-state index contributed by atoms with van der Waals surface area (Å²) in [6.45, 7) is 4.05. The van der Waals surface area contributed by atoms with E-state index in [-0.39, 0.29) is 30.7 Å². The number of likely N-dealkylation sites (tertiary alicyclic amines) is 1. The van der Waals surface area contributed by atoms with Crippen molar-refractivity contribution < 1.29 is 4.79 Å². The maximum Gasteiger partial charge on any atom is 0.240 e. The molecule has 0 atom stereocenters. The van der Waals surface area contributed by atoms with E-state index in [4.69, 9.17) is 5.73 Å². The van der Waals surface area contributed by atoms with Gasteiger partial charge in [-0.1, -0.05) is 30.7 Å². The van der Waals surface area contributed by atoms with E-state index in [1.165, 1.54) is 37.9 Å². The van der Waals surface area contributed by atoms with Crippen molar-refractivity contribution >= 4 is 30.7 Å². The normalized spacial score (nSPS) is 19.4. The van der Waals surface area contributed by atoms with E-state index in [9.17, 15) is 4.79 Å². The van der Waals surface area contributed by atoms with Gasteiger partial charge < -0.3 is 11.1 Å². The molecule has 1 saturated heterocycles. The van der Waals surface area contributed by atoms with Gasteiger partial charge >= 0.3 is 0 Å². The van der Waals surface area contributed by atoms with Crippen molar-refractivity contribution in [2.45, 2.75) is 57.2 Å². The van der Waals surface area contributed by atoms with Crippen LogP contribution in [0.15, 0.2) is 24.3 Å². The average molecular weight is 374 g/mol. The lowest BCUT2D eigenvalue weighted by atomic mass is 9.77. The van der Waals surface area contributed by atoms with Crippen LogP contribution in [0.1, 0.15) is 49.7 Å². The van der Waals surface area contributed by atoms with Crippen molar-refractivity contribution in [1.82, 2.24) is 10.2 Å². The molecule has 0 spiro atoms. The van der Waals surface area contributed by atoms with Crippen LogP contribution in [-0.2, 0) is 17.9 Å². The number of rotatable bonds is 5. The Balaban J connectivity index is 0.00000144. The Morgan fingerprint density at radius 2 is 1.58 bits per heavy atom. The zero-order valence-electron chi connectivity index (χ0n) is 14.1. The summed E-state index contributed by atoms with van der Waals surface area (Å²) >= 11 is 0. The van der Waals surface area contributed by atoms with Crippen molar-refractivity contribution in [2.75, 3.05) is 13.1 Å². The number of nitrogens with zero attached hydrogens (tertiary/aromatic N) is 1. The molecule has 2 fully saturated rings. The van der Waals surface area contributed by atoms with E-state index < -0.39 is 5.54 Å². The molecule has 0 radical (unpaired) electrons. The fourth-order valence-corrected chi connectivity index (χ4v) is 3.28. The standard InChI is InChI=1S/C18H27N3O.2ClH/c19-18(9-4-10-18)17(22)20-13-15-5-7-16(8-6-15)14-21-11-2-1-3-12-21;;/h5-8H,1-4,9-14,19H2,(H,20,22);2*1H. The van der Waals surface area contributed by atoms with E-state index in [0.717, 1.165) is 31.4 Å². The molecule has 6 heteroatoms. The van der Waals surface area contributed by atoms with Crippen molar-refractivity contribution in [2.24, 2.45) is 5.73 Å². The van der Waals surface area contributed by atoms with Crippen LogP contribution in [0.4, 0.5) is 0 Å². The number of benzene rings is 1. The van der Waals surface area contributed by atoms with E-state index in [1.807, 2.05) is 0 Å². The van der Waals surface area contributed by atoms with E-state index in [2.05, 4.69) is 34.5 Å². The summed E-state index contributed by atoms with van der Waals surface area (Å²) in [6, 6.07) is 8.59. The molecule has 1 aliphatic carbocycles. The smallest absolute Gasteiger partial charge is 0.240 e. The van der Waals surface area contributed by atoms with Gasteiger partial charge in [0.05, 0.1) is 5.54 Å². The minimum Gasteiger partial charge on any atom is -0.350 e. The predicted molar refractivity (Wildman–Crippen MR) is 103 cm³/mol. The molecule has 0 unspecified atom stereocenters. The number of carbonyl (C=O) groups is 1. The van der Waals surface area contributed by atoms with Crippen LogP contribution in [-0.4, -0.2) is 29.4 Å². The fraction of sp³-hybridized carbons (Fsp3) is 0.611. The molecule has 0 aromatic heterocycles. The first-order valence-electron chi connectivity index (χ1n) is 8.53. The molecular weight excluding hydrogens is 345 g/mol. The summed E-state index contributed by atoms with van der Waals surface area (Å²) in [7, 11) is 0. The Morgan fingerprint density at radius 1 is 1.00 bits per heavy atom. The molecule has 4 nitrogen and oxygen atoms in total. The highest BCUT2D eigenvalue weighted by Crippen LogP contribution is 2.29. The highest BCUT2D eigenvalue weighted by atomic mass is 35.5. The average Bonchev–Trinajstić information content (AvgIpc) is 2.52. The third kappa shape index (κ3) is 5.35. The van der Waals surface area contributed by atoms with Gasteiger partial charge in [0, 0.05) is 13.1 Å². The first kappa shape index (κ1) is 21.2. The van der Waals surface area contributed by atoms with Crippen LogP contribution >= 0.6 is 24.8 Å². The number of halogens is 2. The van der Waals surface area contributed by atoms with Gasteiger partial charge in [-0.25, -0.2) is 0 Å². The van der Waals surface area contributed by atoms with Crippen LogP contribution in [0.3, 0.4) is 0 Å². The molecular formula is C18H29Cl2N3O. The number of hydrogen-bond donors (Lipinski definition) is 2. The number of nitrogens with two attached hydrogens (primary N) is 1. The number of piperidine rings is 1. The molecule has 1 aromatic carbocycles. The molecule has 0 bridgehead atoms. The first-order chi connectivity index (χ1) is 10.7. The zero-order valence-corrected chi connectivity index (χ0v) is 15.8. The molecule has 24 heavy (non-hydrogen) atoms. The van der Waals surface area contributed by atoms with Gasteiger partial charge in [0.2, 0.25) is 5.91 Å². The highest BCUT2D eigenvalue weighted by molar-refractivity contribution is 5.87. The third-order valence-corrected chi connectivity index (χ3v) is 5.03. The largest absolute Gasteiger partial charge is 0.350 e. The van der Waals surface area contributed by atoms with Gasteiger partial charge in [0.25, 0.3) is 0 Å². The zero-order chi connectivity index (χ0) is 15.4. The third-order valence-electron chi connectivity index (χ3n) is 5.03. The van der Waals surface area contributed by atoms with Crippen molar-refractivity contribution in [3.05, 3.63) is 35.4 Å². The van der Waals surface area contributed by atoms with Crippen LogP contribution in [0.2, 0.25) is 0 Å². The lowest BCUT2D eigenvalue weighted by Crippen LogP contribution is -2.58. The van der Waals surface area contributed by atoms with Gasteiger partial charge in [-0.3, -0.25) is 9.69 Å². The molecule has 3 rings (SSSR count). The second kappa shape index (κ2) is 9.62. The van der Waals surface area contributed by atoms with Crippen LogP contribution in [0.5, 0.6) is 0 Å². The molecule has 2 aliphatic rings. The van der Waals surface area contributed by atoms with Gasteiger partial charge in [-0.15, -0.1) is 24.8 Å². The van der Waals surface area contributed by atoms with Crippen molar-refractivity contribution in [3.63, 3.8) is 0 Å². The monoisotopic (exact) mass is 373 g/mol. The molecule has 1 aliphatic heterocycles. The maximum atomic E-state index is 12.0. The minimum absolute atomic E-state index is 0. The topological polar surface area (TPSA) is 58.4 Å². The van der Waals surface area contributed by atoms with E-state index in [0.29, 0.717) is 6.54 Å². The van der Waals surface area contributed by atoms with Crippen LogP contribution in [0.25, 0.3) is 0 Å². The molecule has 3 N–H and O–H groups in total. The second-order valence-electron chi connectivity index (χ2n) is 6.85. The quantitative estimate of drug-likeness (QED) is 0.833. The number of carbonyl (C=O) groups excluding carboxylic acids is 1. The Kier molecular flexibility index (Phi) is 8.51. The van der Waals surface area contributed by atoms with Gasteiger partial charge in [0.1, 0.15) is 0 Å². The van der Waals surface area contributed by atoms with Gasteiger partial charge in [-0.2, -0.15) is 0 Å². The lowest BCUT2D eigenvalue weighted by Gasteiger charge is -2.36. The number of nitrogens with one attached hydrogen (secondary N) is 1. The molecule has 1 amide bonds. The lowest BCUT2D eigenvalue weighted by molar-refractivity contribution is -0.129.